The summed E-state index contributed by atoms with van der Waals surface area (Å²) < 4.78 is 1.62. The lowest BCUT2D eigenvalue weighted by Crippen LogP contribution is -2.22. The summed E-state index contributed by atoms with van der Waals surface area (Å²) in [6.07, 6.45) is 1.92. The predicted molar refractivity (Wildman–Crippen MR) is 72.9 cm³/mol. The SMILES string of the molecule is Cn1cc(C(C)(C)C)c2ccc(Cl)cc2c1=O. The Morgan fingerprint density at radius 1 is 1.18 bits per heavy atom. The van der Waals surface area contributed by atoms with Gasteiger partial charge in [-0.3, -0.25) is 4.79 Å². The van der Waals surface area contributed by atoms with Crippen LogP contribution in [0.2, 0.25) is 5.02 Å². The topological polar surface area (TPSA) is 22.0 Å². The molecule has 0 aliphatic heterocycles. The molecule has 0 aliphatic rings. The fourth-order valence-corrected chi connectivity index (χ4v) is 2.21. The molecule has 0 saturated carbocycles. The van der Waals surface area contributed by atoms with Crippen LogP contribution in [-0.2, 0) is 12.5 Å². The van der Waals surface area contributed by atoms with Crippen molar-refractivity contribution in [2.24, 2.45) is 7.05 Å². The Morgan fingerprint density at radius 3 is 2.41 bits per heavy atom. The van der Waals surface area contributed by atoms with E-state index in [1.54, 1.807) is 17.7 Å². The first-order chi connectivity index (χ1) is 7.80. The van der Waals surface area contributed by atoms with Gasteiger partial charge in [0.05, 0.1) is 0 Å². The largest absolute Gasteiger partial charge is 0.318 e. The molecular weight excluding hydrogens is 234 g/mol. The van der Waals surface area contributed by atoms with Crippen LogP contribution in [0.4, 0.5) is 0 Å². The Hall–Kier alpha value is -1.28. The molecule has 1 heterocycles. The number of pyridine rings is 1. The highest BCUT2D eigenvalue weighted by atomic mass is 35.5. The molecule has 0 fully saturated rings. The summed E-state index contributed by atoms with van der Waals surface area (Å²) in [5, 5.41) is 2.28. The molecule has 1 aromatic heterocycles. The fourth-order valence-electron chi connectivity index (χ4n) is 2.04. The molecule has 2 aromatic rings. The summed E-state index contributed by atoms with van der Waals surface area (Å²) >= 11 is 5.96. The molecule has 0 saturated heterocycles. The van der Waals surface area contributed by atoms with Crippen LogP contribution < -0.4 is 5.56 Å². The molecule has 0 aliphatic carbocycles. The second-order valence-corrected chi connectivity index (χ2v) is 5.84. The molecule has 0 unspecified atom stereocenters. The van der Waals surface area contributed by atoms with E-state index in [1.807, 2.05) is 18.3 Å². The average Bonchev–Trinajstić information content (AvgIpc) is 2.22. The van der Waals surface area contributed by atoms with Gasteiger partial charge in [0.1, 0.15) is 0 Å². The Morgan fingerprint density at radius 2 is 1.82 bits per heavy atom. The van der Waals surface area contributed by atoms with Gasteiger partial charge in [-0.1, -0.05) is 38.4 Å². The van der Waals surface area contributed by atoms with Gasteiger partial charge in [-0.15, -0.1) is 0 Å². The van der Waals surface area contributed by atoms with Gasteiger partial charge in [0.25, 0.3) is 5.56 Å². The third-order valence-electron chi connectivity index (χ3n) is 2.95. The van der Waals surface area contributed by atoms with E-state index in [9.17, 15) is 4.79 Å². The van der Waals surface area contributed by atoms with Crippen molar-refractivity contribution in [1.82, 2.24) is 4.57 Å². The average molecular weight is 250 g/mol. The second kappa shape index (κ2) is 3.88. The number of rotatable bonds is 0. The van der Waals surface area contributed by atoms with E-state index >= 15 is 0 Å². The van der Waals surface area contributed by atoms with Crippen LogP contribution in [0.5, 0.6) is 0 Å². The quantitative estimate of drug-likeness (QED) is 0.701. The van der Waals surface area contributed by atoms with E-state index in [0.29, 0.717) is 10.4 Å². The van der Waals surface area contributed by atoms with Gasteiger partial charge in [-0.25, -0.2) is 0 Å². The van der Waals surface area contributed by atoms with E-state index in [4.69, 9.17) is 11.6 Å². The summed E-state index contributed by atoms with van der Waals surface area (Å²) in [4.78, 5) is 12.1. The number of hydrogen-bond acceptors (Lipinski definition) is 1. The lowest BCUT2D eigenvalue weighted by atomic mass is 9.85. The van der Waals surface area contributed by atoms with Crippen molar-refractivity contribution in [3.05, 3.63) is 45.3 Å². The lowest BCUT2D eigenvalue weighted by molar-refractivity contribution is 0.587. The third-order valence-corrected chi connectivity index (χ3v) is 3.19. The van der Waals surface area contributed by atoms with Gasteiger partial charge >= 0.3 is 0 Å². The Bertz CT molecular complexity index is 635. The standard InChI is InChI=1S/C14H16ClNO/c1-14(2,3)12-8-16(4)13(17)11-7-9(15)5-6-10(11)12/h5-8H,1-4H3. The molecule has 90 valence electrons. The highest BCUT2D eigenvalue weighted by molar-refractivity contribution is 6.31. The molecule has 0 spiro atoms. The molecule has 2 nitrogen and oxygen atoms in total. The van der Waals surface area contributed by atoms with Crippen LogP contribution in [0.15, 0.2) is 29.2 Å². The minimum absolute atomic E-state index is 0.00244. The third kappa shape index (κ3) is 2.09. The molecule has 0 radical (unpaired) electrons. The first-order valence-electron chi connectivity index (χ1n) is 5.60. The number of hydrogen-bond donors (Lipinski definition) is 0. The summed E-state index contributed by atoms with van der Waals surface area (Å²) in [6, 6.07) is 5.51. The van der Waals surface area contributed by atoms with Crippen LogP contribution >= 0.6 is 11.6 Å². The van der Waals surface area contributed by atoms with Crippen molar-refractivity contribution in [1.29, 1.82) is 0 Å². The maximum Gasteiger partial charge on any atom is 0.258 e. The van der Waals surface area contributed by atoms with E-state index in [1.165, 1.54) is 0 Å². The summed E-state index contributed by atoms with van der Waals surface area (Å²) in [6.45, 7) is 6.42. The van der Waals surface area contributed by atoms with E-state index in [-0.39, 0.29) is 11.0 Å². The fraction of sp³-hybridized carbons (Fsp3) is 0.357. The Kier molecular flexibility index (Phi) is 2.78. The lowest BCUT2D eigenvalue weighted by Gasteiger charge is -2.22. The van der Waals surface area contributed by atoms with Crippen LogP contribution in [0.1, 0.15) is 26.3 Å². The van der Waals surface area contributed by atoms with Gasteiger partial charge in [0, 0.05) is 23.7 Å². The molecule has 0 amide bonds. The summed E-state index contributed by atoms with van der Waals surface area (Å²) in [7, 11) is 1.78. The van der Waals surface area contributed by atoms with Crippen LogP contribution in [0.3, 0.4) is 0 Å². The van der Waals surface area contributed by atoms with Gasteiger partial charge in [0.15, 0.2) is 0 Å². The van der Waals surface area contributed by atoms with Gasteiger partial charge < -0.3 is 4.57 Å². The predicted octanol–water partition coefficient (Wildman–Crippen LogP) is 3.49. The molecule has 1 aromatic carbocycles. The highest BCUT2D eigenvalue weighted by Gasteiger charge is 2.19. The molecule has 0 atom stereocenters. The molecule has 2 rings (SSSR count). The zero-order valence-electron chi connectivity index (χ0n) is 10.5. The Labute approximate surface area is 106 Å². The van der Waals surface area contributed by atoms with Crippen molar-refractivity contribution in [3.63, 3.8) is 0 Å². The smallest absolute Gasteiger partial charge is 0.258 e. The zero-order valence-corrected chi connectivity index (χ0v) is 11.3. The number of benzene rings is 1. The number of nitrogens with zero attached hydrogens (tertiary/aromatic N) is 1. The molecule has 0 bridgehead atoms. The van der Waals surface area contributed by atoms with Crippen molar-refractivity contribution in [2.75, 3.05) is 0 Å². The second-order valence-electron chi connectivity index (χ2n) is 5.40. The van der Waals surface area contributed by atoms with E-state index in [2.05, 4.69) is 20.8 Å². The molecule has 0 N–H and O–H groups in total. The monoisotopic (exact) mass is 249 g/mol. The van der Waals surface area contributed by atoms with Gasteiger partial charge in [0.2, 0.25) is 0 Å². The van der Waals surface area contributed by atoms with Crippen LogP contribution in [0, 0.1) is 0 Å². The first kappa shape index (κ1) is 12.2. The minimum Gasteiger partial charge on any atom is -0.318 e. The number of halogens is 1. The summed E-state index contributed by atoms with van der Waals surface area (Å²) in [5.74, 6) is 0. The van der Waals surface area contributed by atoms with Gasteiger partial charge in [-0.05, 0) is 28.5 Å². The number of aryl methyl sites for hydroxylation is 1. The first-order valence-corrected chi connectivity index (χ1v) is 5.98. The van der Waals surface area contributed by atoms with E-state index < -0.39 is 0 Å². The molecular formula is C14H16ClNO. The maximum absolute atomic E-state index is 12.1. The Balaban J connectivity index is 2.97. The number of fused-ring (bicyclic) bond motifs is 1. The van der Waals surface area contributed by atoms with Gasteiger partial charge in [-0.2, -0.15) is 0 Å². The minimum atomic E-state index is -0.00417. The molecule has 17 heavy (non-hydrogen) atoms. The van der Waals surface area contributed by atoms with Crippen molar-refractivity contribution in [2.45, 2.75) is 26.2 Å². The van der Waals surface area contributed by atoms with E-state index in [0.717, 1.165) is 10.9 Å². The van der Waals surface area contributed by atoms with Crippen molar-refractivity contribution in [3.8, 4) is 0 Å². The van der Waals surface area contributed by atoms with Crippen molar-refractivity contribution < 1.29 is 0 Å². The molecule has 3 heteroatoms. The van der Waals surface area contributed by atoms with Crippen LogP contribution in [-0.4, -0.2) is 4.57 Å². The van der Waals surface area contributed by atoms with Crippen molar-refractivity contribution >= 4 is 22.4 Å². The normalized spacial score (nSPS) is 12.1. The maximum atomic E-state index is 12.1. The summed E-state index contributed by atoms with van der Waals surface area (Å²) in [5.41, 5.74) is 1.15. The highest BCUT2D eigenvalue weighted by Crippen LogP contribution is 2.29. The van der Waals surface area contributed by atoms with Crippen LogP contribution in [0.25, 0.3) is 10.8 Å². The zero-order chi connectivity index (χ0) is 12.8. The number of aromatic nitrogens is 1.